The van der Waals surface area contributed by atoms with Gasteiger partial charge in [-0.2, -0.15) is 4.31 Å². The Bertz CT molecular complexity index is 1140. The fraction of sp³-hybridized carbons (Fsp3) is 0.417. The number of nitrogens with zero attached hydrogens (tertiary/aromatic N) is 1. The Hall–Kier alpha value is -3.11. The van der Waals surface area contributed by atoms with Crippen molar-refractivity contribution >= 4 is 27.6 Å². The summed E-state index contributed by atoms with van der Waals surface area (Å²) in [6.45, 7) is 2.74. The van der Waals surface area contributed by atoms with E-state index in [-0.39, 0.29) is 18.1 Å². The Kier molecular flexibility index (Phi) is 7.38. The first kappa shape index (κ1) is 24.0. The molecule has 10 heteroatoms. The number of ether oxygens (including phenoxy) is 3. The van der Waals surface area contributed by atoms with Gasteiger partial charge >= 0.3 is 5.97 Å². The number of piperidine rings is 1. The summed E-state index contributed by atoms with van der Waals surface area (Å²) in [5.74, 6) is 0.171. The molecule has 9 nitrogen and oxygen atoms in total. The van der Waals surface area contributed by atoms with Crippen LogP contribution in [0.3, 0.4) is 0 Å². The van der Waals surface area contributed by atoms with Crippen LogP contribution >= 0.6 is 0 Å². The Labute approximate surface area is 199 Å². The molecule has 0 aromatic heterocycles. The van der Waals surface area contributed by atoms with E-state index < -0.39 is 28.0 Å². The van der Waals surface area contributed by atoms with Crippen LogP contribution in [0, 0.1) is 0 Å². The van der Waals surface area contributed by atoms with Crippen molar-refractivity contribution in [3.63, 3.8) is 0 Å². The molecule has 1 fully saturated rings. The number of anilines is 1. The highest BCUT2D eigenvalue weighted by molar-refractivity contribution is 7.89. The van der Waals surface area contributed by atoms with Gasteiger partial charge in [-0.05, 0) is 56.0 Å². The number of hydrogen-bond donors (Lipinski definition) is 1. The third-order valence-electron chi connectivity index (χ3n) is 5.81. The van der Waals surface area contributed by atoms with Gasteiger partial charge in [-0.1, -0.05) is 18.6 Å². The molecule has 2 aromatic rings. The number of carbonyl (C=O) groups is 2. The number of carbonyl (C=O) groups excluding carboxylic acids is 2. The van der Waals surface area contributed by atoms with Crippen molar-refractivity contribution in [1.29, 1.82) is 0 Å². The summed E-state index contributed by atoms with van der Waals surface area (Å²) in [6.07, 6.45) is 2.29. The Morgan fingerprint density at radius 1 is 1.03 bits per heavy atom. The monoisotopic (exact) mass is 488 g/mol. The van der Waals surface area contributed by atoms with Crippen molar-refractivity contribution < 1.29 is 32.2 Å². The number of benzene rings is 2. The molecule has 1 saturated heterocycles. The molecule has 0 saturated carbocycles. The van der Waals surface area contributed by atoms with E-state index in [4.69, 9.17) is 14.2 Å². The Balaban J connectivity index is 1.25. The lowest BCUT2D eigenvalue weighted by molar-refractivity contribution is -0.153. The van der Waals surface area contributed by atoms with Crippen molar-refractivity contribution in [2.45, 2.75) is 50.0 Å². The van der Waals surface area contributed by atoms with E-state index in [2.05, 4.69) is 5.32 Å². The maximum Gasteiger partial charge on any atom is 0.306 e. The van der Waals surface area contributed by atoms with Gasteiger partial charge in [-0.3, -0.25) is 9.59 Å². The van der Waals surface area contributed by atoms with Crippen molar-refractivity contribution in [3.8, 4) is 11.5 Å². The van der Waals surface area contributed by atoms with Crippen LogP contribution in [0.15, 0.2) is 47.4 Å². The normalized spacial score (nSPS) is 16.6. The van der Waals surface area contributed by atoms with E-state index >= 15 is 0 Å². The fourth-order valence-electron chi connectivity index (χ4n) is 3.86. The molecule has 1 unspecified atom stereocenters. The first-order chi connectivity index (χ1) is 16.3. The van der Waals surface area contributed by atoms with Crippen LogP contribution in [0.1, 0.15) is 38.2 Å². The average molecular weight is 489 g/mol. The van der Waals surface area contributed by atoms with Gasteiger partial charge in [0.2, 0.25) is 16.8 Å². The summed E-state index contributed by atoms with van der Waals surface area (Å²) in [6, 6.07) is 11.6. The van der Waals surface area contributed by atoms with Gasteiger partial charge in [-0.15, -0.1) is 0 Å². The lowest BCUT2D eigenvalue weighted by Crippen LogP contribution is -2.35. The Morgan fingerprint density at radius 3 is 2.47 bits per heavy atom. The second-order valence-corrected chi connectivity index (χ2v) is 10.2. The third kappa shape index (κ3) is 5.68. The first-order valence-corrected chi connectivity index (χ1v) is 12.8. The van der Waals surface area contributed by atoms with Crippen molar-refractivity contribution in [2.75, 3.05) is 25.2 Å². The lowest BCUT2D eigenvalue weighted by atomic mass is 10.1. The van der Waals surface area contributed by atoms with Gasteiger partial charge in [0, 0.05) is 31.3 Å². The predicted molar refractivity (Wildman–Crippen MR) is 124 cm³/mol. The molecule has 1 N–H and O–H groups in total. The molecule has 0 aliphatic carbocycles. The molecule has 2 heterocycles. The number of fused-ring (bicyclic) bond motifs is 1. The maximum atomic E-state index is 12.7. The number of nitrogens with one attached hydrogen (secondary N) is 1. The van der Waals surface area contributed by atoms with Gasteiger partial charge in [0.25, 0.3) is 5.91 Å². The van der Waals surface area contributed by atoms with Crippen molar-refractivity contribution in [2.24, 2.45) is 0 Å². The lowest BCUT2D eigenvalue weighted by Gasteiger charge is -2.25. The molecular weight excluding hydrogens is 460 g/mol. The van der Waals surface area contributed by atoms with Gasteiger partial charge in [0.1, 0.15) is 0 Å². The molecule has 0 bridgehead atoms. The van der Waals surface area contributed by atoms with Crippen molar-refractivity contribution in [1.82, 2.24) is 4.31 Å². The highest BCUT2D eigenvalue weighted by Gasteiger charge is 2.26. The first-order valence-electron chi connectivity index (χ1n) is 11.3. The van der Waals surface area contributed by atoms with Crippen LogP contribution in [0.5, 0.6) is 11.5 Å². The molecular formula is C24H28N2O7S. The van der Waals surface area contributed by atoms with Gasteiger partial charge in [0.15, 0.2) is 17.6 Å². The molecule has 2 aromatic carbocycles. The number of amides is 1. The van der Waals surface area contributed by atoms with Crippen molar-refractivity contribution in [3.05, 3.63) is 48.0 Å². The fourth-order valence-corrected chi connectivity index (χ4v) is 5.37. The molecule has 2 aliphatic heterocycles. The van der Waals surface area contributed by atoms with Crippen LogP contribution in [0.2, 0.25) is 0 Å². The number of esters is 1. The van der Waals surface area contributed by atoms with Crippen LogP contribution in [-0.2, 0) is 30.8 Å². The minimum absolute atomic E-state index is 0.0693. The van der Waals surface area contributed by atoms with E-state index in [1.54, 1.807) is 42.5 Å². The second kappa shape index (κ2) is 10.4. The van der Waals surface area contributed by atoms with Gasteiger partial charge in [-0.25, -0.2) is 8.42 Å². The molecule has 34 heavy (non-hydrogen) atoms. The van der Waals surface area contributed by atoms with Crippen LogP contribution in [0.25, 0.3) is 0 Å². The summed E-state index contributed by atoms with van der Waals surface area (Å²) < 4.78 is 42.8. The zero-order chi connectivity index (χ0) is 24.1. The van der Waals surface area contributed by atoms with Crippen LogP contribution in [-0.4, -0.2) is 50.6 Å². The third-order valence-corrected chi connectivity index (χ3v) is 7.72. The smallest absolute Gasteiger partial charge is 0.306 e. The number of hydrogen-bond acceptors (Lipinski definition) is 7. The van der Waals surface area contributed by atoms with E-state index in [0.717, 1.165) is 24.8 Å². The largest absolute Gasteiger partial charge is 0.454 e. The quantitative estimate of drug-likeness (QED) is 0.569. The summed E-state index contributed by atoms with van der Waals surface area (Å²) in [5.41, 5.74) is 1.32. The van der Waals surface area contributed by atoms with Gasteiger partial charge in [0.05, 0.1) is 4.90 Å². The molecule has 1 atom stereocenters. The second-order valence-electron chi connectivity index (χ2n) is 8.30. The number of aryl methyl sites for hydroxylation is 1. The zero-order valence-electron chi connectivity index (χ0n) is 19.0. The van der Waals surface area contributed by atoms with Crippen LogP contribution in [0.4, 0.5) is 5.69 Å². The van der Waals surface area contributed by atoms with Gasteiger partial charge < -0.3 is 19.5 Å². The van der Waals surface area contributed by atoms with E-state index in [1.165, 1.54) is 11.2 Å². The van der Waals surface area contributed by atoms with E-state index in [9.17, 15) is 18.0 Å². The summed E-state index contributed by atoms with van der Waals surface area (Å²) in [4.78, 5) is 24.9. The number of rotatable bonds is 8. The van der Waals surface area contributed by atoms with Crippen LogP contribution < -0.4 is 14.8 Å². The molecule has 0 spiro atoms. The SMILES string of the molecule is CC(OC(=O)CCc1ccc(S(=O)(=O)N2CCCCC2)cc1)C(=O)Nc1ccc2c(c1)OCO2. The number of sulfonamides is 1. The highest BCUT2D eigenvalue weighted by atomic mass is 32.2. The van der Waals surface area contributed by atoms with E-state index in [0.29, 0.717) is 36.7 Å². The summed E-state index contributed by atoms with van der Waals surface area (Å²) in [5, 5.41) is 2.69. The molecule has 1 amide bonds. The topological polar surface area (TPSA) is 111 Å². The predicted octanol–water partition coefficient (Wildman–Crippen LogP) is 3.09. The minimum Gasteiger partial charge on any atom is -0.454 e. The highest BCUT2D eigenvalue weighted by Crippen LogP contribution is 2.34. The summed E-state index contributed by atoms with van der Waals surface area (Å²) in [7, 11) is -3.48. The molecule has 2 aliphatic rings. The molecule has 0 radical (unpaired) electrons. The Morgan fingerprint density at radius 2 is 1.74 bits per heavy atom. The molecule has 182 valence electrons. The molecule has 4 rings (SSSR count). The summed E-state index contributed by atoms with van der Waals surface area (Å²) >= 11 is 0. The average Bonchev–Trinajstić information content (AvgIpc) is 3.31. The van der Waals surface area contributed by atoms with E-state index in [1.807, 2.05) is 0 Å². The minimum atomic E-state index is -3.48. The maximum absolute atomic E-state index is 12.7. The zero-order valence-corrected chi connectivity index (χ0v) is 19.8. The standard InChI is InChI=1S/C24H28N2O7S/c1-17(24(28)25-19-8-11-21-22(15-19)32-16-31-21)33-23(27)12-7-18-5-9-20(10-6-18)34(29,30)26-13-3-2-4-14-26/h5-6,8-11,15,17H,2-4,7,12-14,16H2,1H3,(H,25,28).